The van der Waals surface area contributed by atoms with Gasteiger partial charge in [-0.15, -0.1) is 0 Å². The SMILES string of the molecule is CN(CCC#N)C(=O)c1cccn1C1CCN(C(=O)OC(C)(C)C)CC1. The van der Waals surface area contributed by atoms with Gasteiger partial charge in [-0.05, 0) is 45.7 Å². The lowest BCUT2D eigenvalue weighted by atomic mass is 10.0. The number of carbonyl (C=O) groups is 2. The van der Waals surface area contributed by atoms with Crippen LogP contribution in [0, 0.1) is 11.3 Å². The molecule has 0 bridgehead atoms. The van der Waals surface area contributed by atoms with Crippen LogP contribution in [0.15, 0.2) is 18.3 Å². The van der Waals surface area contributed by atoms with Gasteiger partial charge in [-0.2, -0.15) is 5.26 Å². The summed E-state index contributed by atoms with van der Waals surface area (Å²) in [6.07, 6.45) is 3.50. The minimum absolute atomic E-state index is 0.0835. The molecule has 1 aromatic rings. The highest BCUT2D eigenvalue weighted by molar-refractivity contribution is 5.92. The predicted molar refractivity (Wildman–Crippen MR) is 97.7 cm³/mol. The molecule has 26 heavy (non-hydrogen) atoms. The van der Waals surface area contributed by atoms with Gasteiger partial charge in [0, 0.05) is 38.9 Å². The minimum atomic E-state index is -0.498. The quantitative estimate of drug-likeness (QED) is 0.827. The average molecular weight is 360 g/mol. The van der Waals surface area contributed by atoms with E-state index in [1.54, 1.807) is 16.8 Å². The fourth-order valence-electron chi connectivity index (χ4n) is 3.06. The van der Waals surface area contributed by atoms with E-state index < -0.39 is 5.60 Å². The number of nitrogens with zero attached hydrogens (tertiary/aromatic N) is 4. The van der Waals surface area contributed by atoms with E-state index in [2.05, 4.69) is 6.07 Å². The molecule has 0 unspecified atom stereocenters. The van der Waals surface area contributed by atoms with E-state index in [1.807, 2.05) is 43.7 Å². The topological polar surface area (TPSA) is 78.6 Å². The molecule has 0 saturated carbocycles. The maximum atomic E-state index is 12.6. The van der Waals surface area contributed by atoms with E-state index in [4.69, 9.17) is 10.00 Å². The van der Waals surface area contributed by atoms with Gasteiger partial charge < -0.3 is 19.1 Å². The summed E-state index contributed by atoms with van der Waals surface area (Å²) in [4.78, 5) is 28.1. The second-order valence-corrected chi connectivity index (χ2v) is 7.63. The molecule has 0 aliphatic carbocycles. The monoisotopic (exact) mass is 360 g/mol. The number of piperidine rings is 1. The highest BCUT2D eigenvalue weighted by atomic mass is 16.6. The van der Waals surface area contributed by atoms with Gasteiger partial charge in [0.1, 0.15) is 11.3 Å². The van der Waals surface area contributed by atoms with Crippen molar-refractivity contribution < 1.29 is 14.3 Å². The summed E-state index contributed by atoms with van der Waals surface area (Å²) in [7, 11) is 1.71. The maximum Gasteiger partial charge on any atom is 0.410 e. The lowest BCUT2D eigenvalue weighted by molar-refractivity contribution is 0.0186. The summed E-state index contributed by atoms with van der Waals surface area (Å²) in [5.74, 6) is -0.0835. The van der Waals surface area contributed by atoms with Gasteiger partial charge in [0.25, 0.3) is 5.91 Å². The summed E-state index contributed by atoms with van der Waals surface area (Å²) in [6, 6.07) is 5.91. The van der Waals surface area contributed by atoms with Crippen LogP contribution in [0.3, 0.4) is 0 Å². The first kappa shape index (κ1) is 19.8. The third-order valence-corrected chi connectivity index (χ3v) is 4.41. The number of ether oxygens (including phenoxy) is 1. The number of likely N-dealkylation sites (tertiary alicyclic amines) is 1. The van der Waals surface area contributed by atoms with Gasteiger partial charge >= 0.3 is 6.09 Å². The Bertz CT molecular complexity index is 676. The van der Waals surface area contributed by atoms with Crippen LogP contribution in [-0.2, 0) is 4.74 Å². The Hall–Kier alpha value is -2.49. The summed E-state index contributed by atoms with van der Waals surface area (Å²) in [6.45, 7) is 7.21. The van der Waals surface area contributed by atoms with Gasteiger partial charge in [-0.1, -0.05) is 0 Å². The van der Waals surface area contributed by atoms with Crippen molar-refractivity contribution in [2.75, 3.05) is 26.7 Å². The van der Waals surface area contributed by atoms with Crippen LogP contribution in [-0.4, -0.2) is 58.7 Å². The number of aromatic nitrogens is 1. The maximum absolute atomic E-state index is 12.6. The minimum Gasteiger partial charge on any atom is -0.444 e. The molecule has 0 N–H and O–H groups in total. The second-order valence-electron chi connectivity index (χ2n) is 7.63. The molecule has 0 atom stereocenters. The van der Waals surface area contributed by atoms with Gasteiger partial charge in [0.05, 0.1) is 12.5 Å². The molecule has 0 aromatic carbocycles. The fourth-order valence-corrected chi connectivity index (χ4v) is 3.06. The lowest BCUT2D eigenvalue weighted by Gasteiger charge is -2.34. The predicted octanol–water partition coefficient (Wildman–Crippen LogP) is 3.05. The first-order valence-corrected chi connectivity index (χ1v) is 9.00. The molecular formula is C19H28N4O3. The Morgan fingerprint density at radius 2 is 2.00 bits per heavy atom. The number of amides is 2. The molecular weight excluding hydrogens is 332 g/mol. The number of hydrogen-bond donors (Lipinski definition) is 0. The molecule has 7 nitrogen and oxygen atoms in total. The molecule has 1 aliphatic rings. The molecule has 1 fully saturated rings. The van der Waals surface area contributed by atoms with Crippen LogP contribution in [0.1, 0.15) is 56.6 Å². The summed E-state index contributed by atoms with van der Waals surface area (Å²) < 4.78 is 7.42. The zero-order chi connectivity index (χ0) is 19.3. The average Bonchev–Trinajstić information content (AvgIpc) is 3.07. The van der Waals surface area contributed by atoms with E-state index in [0.29, 0.717) is 31.7 Å². The number of carbonyl (C=O) groups excluding carboxylic acids is 2. The molecule has 142 valence electrons. The first-order chi connectivity index (χ1) is 12.2. The standard InChI is InChI=1S/C19H28N4O3/c1-19(2,3)26-18(25)22-13-8-15(9-14-22)23-12-5-7-16(23)17(24)21(4)11-6-10-20/h5,7,12,15H,6,8-9,11,13-14H2,1-4H3. The van der Waals surface area contributed by atoms with Crippen LogP contribution in [0.2, 0.25) is 0 Å². The molecule has 1 saturated heterocycles. The van der Waals surface area contributed by atoms with Crippen molar-refractivity contribution in [3.63, 3.8) is 0 Å². The molecule has 1 aliphatic heterocycles. The third-order valence-electron chi connectivity index (χ3n) is 4.41. The zero-order valence-electron chi connectivity index (χ0n) is 16.1. The molecule has 2 rings (SSSR count). The summed E-state index contributed by atoms with van der Waals surface area (Å²) in [5.41, 5.74) is 0.128. The first-order valence-electron chi connectivity index (χ1n) is 9.00. The van der Waals surface area contributed by atoms with Crippen molar-refractivity contribution in [2.24, 2.45) is 0 Å². The van der Waals surface area contributed by atoms with Crippen molar-refractivity contribution in [1.29, 1.82) is 5.26 Å². The fraction of sp³-hybridized carbons (Fsp3) is 0.632. The number of nitriles is 1. The highest BCUT2D eigenvalue weighted by Crippen LogP contribution is 2.26. The largest absolute Gasteiger partial charge is 0.444 e. The molecule has 2 heterocycles. The third kappa shape index (κ3) is 5.01. The van der Waals surface area contributed by atoms with Crippen LogP contribution in [0.25, 0.3) is 0 Å². The Labute approximate surface area is 155 Å². The highest BCUT2D eigenvalue weighted by Gasteiger charge is 2.29. The lowest BCUT2D eigenvalue weighted by Crippen LogP contribution is -2.42. The van der Waals surface area contributed by atoms with Crippen molar-refractivity contribution >= 4 is 12.0 Å². The Morgan fingerprint density at radius 3 is 2.58 bits per heavy atom. The van der Waals surface area contributed by atoms with Crippen molar-refractivity contribution in [3.8, 4) is 6.07 Å². The van der Waals surface area contributed by atoms with Gasteiger partial charge in [0.2, 0.25) is 0 Å². The van der Waals surface area contributed by atoms with E-state index in [1.165, 1.54) is 0 Å². The Morgan fingerprint density at radius 1 is 1.35 bits per heavy atom. The number of hydrogen-bond acceptors (Lipinski definition) is 4. The summed E-state index contributed by atoms with van der Waals surface area (Å²) >= 11 is 0. The van der Waals surface area contributed by atoms with E-state index in [-0.39, 0.29) is 18.0 Å². The Kier molecular flexibility index (Phi) is 6.30. The van der Waals surface area contributed by atoms with Crippen molar-refractivity contribution in [1.82, 2.24) is 14.4 Å². The normalized spacial score (nSPS) is 15.4. The molecule has 7 heteroatoms. The van der Waals surface area contributed by atoms with E-state index in [9.17, 15) is 9.59 Å². The van der Waals surface area contributed by atoms with E-state index >= 15 is 0 Å². The number of rotatable bonds is 4. The molecule has 1 aromatic heterocycles. The molecule has 0 spiro atoms. The molecule has 0 radical (unpaired) electrons. The molecule has 2 amide bonds. The van der Waals surface area contributed by atoms with Gasteiger partial charge in [-0.25, -0.2) is 4.79 Å². The van der Waals surface area contributed by atoms with Gasteiger partial charge in [0.15, 0.2) is 0 Å². The van der Waals surface area contributed by atoms with Crippen molar-refractivity contribution in [3.05, 3.63) is 24.0 Å². The van der Waals surface area contributed by atoms with Crippen LogP contribution < -0.4 is 0 Å². The van der Waals surface area contributed by atoms with Crippen LogP contribution >= 0.6 is 0 Å². The smallest absolute Gasteiger partial charge is 0.410 e. The van der Waals surface area contributed by atoms with Gasteiger partial charge in [-0.3, -0.25) is 4.79 Å². The van der Waals surface area contributed by atoms with E-state index in [0.717, 1.165) is 12.8 Å². The van der Waals surface area contributed by atoms with Crippen molar-refractivity contribution in [2.45, 2.75) is 51.7 Å². The van der Waals surface area contributed by atoms with Crippen LogP contribution in [0.4, 0.5) is 4.79 Å². The van der Waals surface area contributed by atoms with Crippen LogP contribution in [0.5, 0.6) is 0 Å². The zero-order valence-corrected chi connectivity index (χ0v) is 16.1. The summed E-state index contributed by atoms with van der Waals surface area (Å²) in [5, 5.41) is 8.69. The second kappa shape index (κ2) is 8.26. The Balaban J connectivity index is 1.98.